The highest BCUT2D eigenvalue weighted by Crippen LogP contribution is 2.25. The maximum Gasteiger partial charge on any atom is 0.206 e. The Kier molecular flexibility index (Phi) is 5.58. The first kappa shape index (κ1) is 18.4. The number of halogens is 1. The predicted molar refractivity (Wildman–Crippen MR) is 109 cm³/mol. The molecular weight excluding hydrogens is 414 g/mol. The van der Waals surface area contributed by atoms with Gasteiger partial charge in [-0.05, 0) is 49.7 Å². The number of rotatable bonds is 4. The quantitative estimate of drug-likeness (QED) is 0.468. The van der Waals surface area contributed by atoms with Gasteiger partial charge in [0.05, 0.1) is 11.9 Å². The van der Waals surface area contributed by atoms with E-state index in [1.807, 2.05) is 43.5 Å². The largest absolute Gasteiger partial charge is 0.504 e. The van der Waals surface area contributed by atoms with Gasteiger partial charge in [0.25, 0.3) is 0 Å². The second-order valence-corrected chi connectivity index (χ2v) is 7.69. The molecule has 134 valence electrons. The van der Waals surface area contributed by atoms with Crippen molar-refractivity contribution >= 4 is 33.5 Å². The van der Waals surface area contributed by atoms with Gasteiger partial charge in [-0.25, -0.2) is 4.68 Å². The fourth-order valence-corrected chi connectivity index (χ4v) is 3.68. The molecular formula is C19H18BrN3O2S. The van der Waals surface area contributed by atoms with Crippen LogP contribution in [0, 0.1) is 0 Å². The lowest BCUT2D eigenvalue weighted by Gasteiger charge is -2.05. The predicted octanol–water partition coefficient (Wildman–Crippen LogP) is 4.58. The number of aromatic nitrogens is 1. The van der Waals surface area contributed by atoms with Gasteiger partial charge in [-0.15, -0.1) is 11.3 Å². The van der Waals surface area contributed by atoms with E-state index in [-0.39, 0.29) is 17.5 Å². The third-order valence-corrected chi connectivity index (χ3v) is 4.82. The summed E-state index contributed by atoms with van der Waals surface area (Å²) >= 11 is 5.03. The summed E-state index contributed by atoms with van der Waals surface area (Å²) in [6, 6.07) is 12.7. The fourth-order valence-electron chi connectivity index (χ4n) is 2.31. The molecule has 0 aliphatic rings. The van der Waals surface area contributed by atoms with Crippen LogP contribution in [0.25, 0.3) is 11.3 Å². The number of aromatic hydroxyl groups is 2. The number of benzene rings is 2. The Morgan fingerprint density at radius 1 is 1.12 bits per heavy atom. The molecule has 5 nitrogen and oxygen atoms in total. The zero-order valence-electron chi connectivity index (χ0n) is 14.3. The van der Waals surface area contributed by atoms with Crippen LogP contribution >= 0.6 is 27.3 Å². The first-order valence-corrected chi connectivity index (χ1v) is 9.68. The summed E-state index contributed by atoms with van der Waals surface area (Å²) in [7, 11) is 0. The molecule has 7 heteroatoms. The van der Waals surface area contributed by atoms with Gasteiger partial charge in [0.15, 0.2) is 11.5 Å². The molecule has 0 unspecified atom stereocenters. The molecule has 2 aromatic carbocycles. The van der Waals surface area contributed by atoms with Crippen molar-refractivity contribution in [2.24, 2.45) is 10.1 Å². The molecule has 1 aromatic heterocycles. The van der Waals surface area contributed by atoms with Gasteiger partial charge in [0, 0.05) is 21.5 Å². The monoisotopic (exact) mass is 431 g/mol. The fraction of sp³-hybridized carbons (Fsp3) is 0.158. The molecule has 0 spiro atoms. The van der Waals surface area contributed by atoms with Crippen LogP contribution in [0.4, 0.5) is 0 Å². The van der Waals surface area contributed by atoms with Gasteiger partial charge >= 0.3 is 0 Å². The lowest BCUT2D eigenvalue weighted by molar-refractivity contribution is 0.403. The zero-order valence-corrected chi connectivity index (χ0v) is 16.7. The van der Waals surface area contributed by atoms with Crippen LogP contribution in [0.15, 0.2) is 62.4 Å². The molecule has 0 fully saturated rings. The highest BCUT2D eigenvalue weighted by molar-refractivity contribution is 9.10. The highest BCUT2D eigenvalue weighted by Gasteiger charge is 2.08. The molecule has 0 bridgehead atoms. The van der Waals surface area contributed by atoms with E-state index in [1.165, 1.54) is 23.5 Å². The topological polar surface area (TPSA) is 70.1 Å². The molecule has 0 aliphatic heterocycles. The maximum atomic E-state index is 9.65. The Bertz CT molecular complexity index is 1020. The average molecular weight is 432 g/mol. The van der Waals surface area contributed by atoms with E-state index in [9.17, 15) is 10.2 Å². The summed E-state index contributed by atoms with van der Waals surface area (Å²) in [4.78, 5) is 5.42. The van der Waals surface area contributed by atoms with Crippen molar-refractivity contribution in [2.45, 2.75) is 19.9 Å². The Morgan fingerprint density at radius 2 is 1.92 bits per heavy atom. The minimum Gasteiger partial charge on any atom is -0.504 e. The van der Waals surface area contributed by atoms with Crippen LogP contribution in [0.2, 0.25) is 0 Å². The van der Waals surface area contributed by atoms with Gasteiger partial charge in [-0.2, -0.15) is 5.10 Å². The first-order valence-electron chi connectivity index (χ1n) is 8.00. The van der Waals surface area contributed by atoms with Crippen molar-refractivity contribution in [3.8, 4) is 22.8 Å². The van der Waals surface area contributed by atoms with Crippen molar-refractivity contribution in [1.82, 2.24) is 4.68 Å². The highest BCUT2D eigenvalue weighted by atomic mass is 79.9. The second kappa shape index (κ2) is 7.88. The van der Waals surface area contributed by atoms with Gasteiger partial charge in [-0.1, -0.05) is 28.1 Å². The molecule has 2 N–H and O–H groups in total. The molecule has 0 amide bonds. The van der Waals surface area contributed by atoms with Crippen LogP contribution in [-0.2, 0) is 0 Å². The Morgan fingerprint density at radius 3 is 2.62 bits per heavy atom. The summed E-state index contributed by atoms with van der Waals surface area (Å²) in [6.45, 7) is 4.04. The van der Waals surface area contributed by atoms with Crippen molar-refractivity contribution in [2.75, 3.05) is 0 Å². The average Bonchev–Trinajstić information content (AvgIpc) is 2.98. The standard InChI is InChI=1S/C19H18BrN3O2S/c1-12(2)22-19-23(21-10-13-6-7-17(24)18(25)8-13)16(11-26-19)14-4-3-5-15(20)9-14/h3-12,24-25H,1-2H3. The molecule has 3 aromatic rings. The van der Waals surface area contributed by atoms with E-state index in [2.05, 4.69) is 26.0 Å². The van der Waals surface area contributed by atoms with Crippen molar-refractivity contribution in [3.63, 3.8) is 0 Å². The van der Waals surface area contributed by atoms with Crippen LogP contribution in [-0.4, -0.2) is 27.1 Å². The Hall–Kier alpha value is -2.38. The molecule has 0 saturated carbocycles. The molecule has 0 saturated heterocycles. The van der Waals surface area contributed by atoms with Gasteiger partial charge in [-0.3, -0.25) is 4.99 Å². The number of nitrogens with zero attached hydrogens (tertiary/aromatic N) is 3. The smallest absolute Gasteiger partial charge is 0.206 e. The first-order chi connectivity index (χ1) is 12.4. The van der Waals surface area contributed by atoms with E-state index in [0.29, 0.717) is 5.56 Å². The second-order valence-electron chi connectivity index (χ2n) is 5.94. The van der Waals surface area contributed by atoms with Crippen LogP contribution < -0.4 is 4.80 Å². The Labute approximate surface area is 163 Å². The number of hydrogen-bond acceptors (Lipinski definition) is 5. The summed E-state index contributed by atoms with van der Waals surface area (Å²) in [6.07, 6.45) is 1.63. The summed E-state index contributed by atoms with van der Waals surface area (Å²) in [5, 5.41) is 25.7. The van der Waals surface area contributed by atoms with Gasteiger partial charge in [0.2, 0.25) is 4.80 Å². The molecule has 0 radical (unpaired) electrons. The summed E-state index contributed by atoms with van der Waals surface area (Å²) in [5.74, 6) is -0.334. The van der Waals surface area contributed by atoms with Crippen LogP contribution in [0.5, 0.6) is 11.5 Å². The van der Waals surface area contributed by atoms with Crippen molar-refractivity contribution < 1.29 is 10.2 Å². The van der Waals surface area contributed by atoms with E-state index in [1.54, 1.807) is 17.0 Å². The van der Waals surface area contributed by atoms with Gasteiger partial charge in [0.1, 0.15) is 0 Å². The third-order valence-electron chi connectivity index (χ3n) is 3.50. The lowest BCUT2D eigenvalue weighted by Crippen LogP contribution is -2.14. The van der Waals surface area contributed by atoms with Crippen LogP contribution in [0.3, 0.4) is 0 Å². The van der Waals surface area contributed by atoms with E-state index < -0.39 is 0 Å². The van der Waals surface area contributed by atoms with E-state index in [0.717, 1.165) is 20.5 Å². The minimum atomic E-state index is -0.177. The number of hydrogen-bond donors (Lipinski definition) is 2. The number of phenols is 2. The molecule has 0 atom stereocenters. The normalized spacial score (nSPS) is 12.4. The Balaban J connectivity index is 2.10. The zero-order chi connectivity index (χ0) is 18.7. The van der Waals surface area contributed by atoms with Crippen LogP contribution in [0.1, 0.15) is 19.4 Å². The van der Waals surface area contributed by atoms with E-state index >= 15 is 0 Å². The van der Waals surface area contributed by atoms with Gasteiger partial charge < -0.3 is 10.2 Å². The molecule has 1 heterocycles. The molecule has 0 aliphatic carbocycles. The number of thiazole rings is 1. The summed E-state index contributed by atoms with van der Waals surface area (Å²) < 4.78 is 2.78. The molecule has 26 heavy (non-hydrogen) atoms. The van der Waals surface area contributed by atoms with Crippen molar-refractivity contribution in [3.05, 3.63) is 62.7 Å². The summed E-state index contributed by atoms with van der Waals surface area (Å²) in [5.41, 5.74) is 2.62. The maximum absolute atomic E-state index is 9.65. The number of phenolic OH excluding ortho intramolecular Hbond substituents is 2. The minimum absolute atomic E-state index is 0.142. The van der Waals surface area contributed by atoms with Crippen molar-refractivity contribution in [1.29, 1.82) is 0 Å². The SMILES string of the molecule is CC(C)N=c1scc(-c2cccc(Br)c2)n1N=Cc1ccc(O)c(O)c1. The molecule has 3 rings (SSSR count). The van der Waals surface area contributed by atoms with E-state index in [4.69, 9.17) is 0 Å². The lowest BCUT2D eigenvalue weighted by atomic mass is 10.2. The third kappa shape index (κ3) is 4.23.